The summed E-state index contributed by atoms with van der Waals surface area (Å²) in [5.74, 6) is 0. The van der Waals surface area contributed by atoms with Gasteiger partial charge in [-0.05, 0) is 33.2 Å². The number of hydrogen-bond acceptors (Lipinski definition) is 2. The standard InChI is InChI=1S/C13H28N2/c1-5-7-13-11-15(12(3)4)10-9-14(13)8-6-2/h12-13H,5-11H2,1-4H3. The van der Waals surface area contributed by atoms with Gasteiger partial charge in [0.1, 0.15) is 0 Å². The fourth-order valence-corrected chi connectivity index (χ4v) is 2.57. The Kier molecular flexibility index (Phi) is 5.62. The summed E-state index contributed by atoms with van der Waals surface area (Å²) >= 11 is 0. The van der Waals surface area contributed by atoms with Gasteiger partial charge in [0.15, 0.2) is 0 Å². The zero-order valence-electron chi connectivity index (χ0n) is 11.0. The zero-order chi connectivity index (χ0) is 11.3. The molecule has 2 heteroatoms. The van der Waals surface area contributed by atoms with Crippen LogP contribution in [0.5, 0.6) is 0 Å². The molecule has 90 valence electrons. The Hall–Kier alpha value is -0.0800. The van der Waals surface area contributed by atoms with Gasteiger partial charge < -0.3 is 0 Å². The van der Waals surface area contributed by atoms with E-state index >= 15 is 0 Å². The van der Waals surface area contributed by atoms with E-state index in [0.717, 1.165) is 6.04 Å². The number of hydrogen-bond donors (Lipinski definition) is 0. The quantitative estimate of drug-likeness (QED) is 0.691. The van der Waals surface area contributed by atoms with Crippen LogP contribution in [0.15, 0.2) is 0 Å². The highest BCUT2D eigenvalue weighted by molar-refractivity contribution is 4.83. The monoisotopic (exact) mass is 212 g/mol. The van der Waals surface area contributed by atoms with Crippen LogP contribution in [0, 0.1) is 0 Å². The third-order valence-electron chi connectivity index (χ3n) is 3.50. The summed E-state index contributed by atoms with van der Waals surface area (Å²) in [4.78, 5) is 5.33. The van der Waals surface area contributed by atoms with Crippen LogP contribution in [-0.2, 0) is 0 Å². The highest BCUT2D eigenvalue weighted by Gasteiger charge is 2.26. The largest absolute Gasteiger partial charge is 0.298 e. The Balaban J connectivity index is 2.48. The predicted octanol–water partition coefficient (Wildman–Crippen LogP) is 2.59. The van der Waals surface area contributed by atoms with Crippen molar-refractivity contribution in [1.29, 1.82) is 0 Å². The summed E-state index contributed by atoms with van der Waals surface area (Å²) < 4.78 is 0. The van der Waals surface area contributed by atoms with Gasteiger partial charge in [-0.2, -0.15) is 0 Å². The van der Waals surface area contributed by atoms with Crippen molar-refractivity contribution >= 4 is 0 Å². The van der Waals surface area contributed by atoms with Crippen LogP contribution in [0.3, 0.4) is 0 Å². The molecule has 1 aliphatic rings. The van der Waals surface area contributed by atoms with Gasteiger partial charge in [0, 0.05) is 31.7 Å². The van der Waals surface area contributed by atoms with Crippen LogP contribution in [0.2, 0.25) is 0 Å². The Morgan fingerprint density at radius 1 is 1.13 bits per heavy atom. The van der Waals surface area contributed by atoms with Crippen molar-refractivity contribution in [2.24, 2.45) is 0 Å². The average Bonchev–Trinajstić information content (AvgIpc) is 2.21. The van der Waals surface area contributed by atoms with Gasteiger partial charge in [0.05, 0.1) is 0 Å². The van der Waals surface area contributed by atoms with Crippen molar-refractivity contribution in [2.45, 2.75) is 59.0 Å². The molecule has 0 saturated carbocycles. The lowest BCUT2D eigenvalue weighted by Gasteiger charge is -2.43. The fraction of sp³-hybridized carbons (Fsp3) is 1.00. The lowest BCUT2D eigenvalue weighted by molar-refractivity contribution is 0.0522. The third-order valence-corrected chi connectivity index (χ3v) is 3.50. The molecule has 0 aliphatic carbocycles. The second-order valence-electron chi connectivity index (χ2n) is 5.07. The maximum atomic E-state index is 2.70. The van der Waals surface area contributed by atoms with E-state index in [1.165, 1.54) is 45.4 Å². The Morgan fingerprint density at radius 3 is 2.40 bits per heavy atom. The highest BCUT2D eigenvalue weighted by atomic mass is 15.3. The molecule has 1 unspecified atom stereocenters. The lowest BCUT2D eigenvalue weighted by Crippen LogP contribution is -2.54. The van der Waals surface area contributed by atoms with Gasteiger partial charge in [-0.3, -0.25) is 9.80 Å². The van der Waals surface area contributed by atoms with Crippen LogP contribution < -0.4 is 0 Å². The van der Waals surface area contributed by atoms with E-state index in [1.54, 1.807) is 0 Å². The minimum atomic E-state index is 0.716. The average molecular weight is 212 g/mol. The first-order valence-electron chi connectivity index (χ1n) is 6.67. The van der Waals surface area contributed by atoms with Crippen LogP contribution >= 0.6 is 0 Å². The second kappa shape index (κ2) is 6.49. The molecule has 0 aromatic carbocycles. The predicted molar refractivity (Wildman–Crippen MR) is 67.3 cm³/mol. The molecule has 1 atom stereocenters. The summed E-state index contributed by atoms with van der Waals surface area (Å²) in [5.41, 5.74) is 0. The molecule has 1 saturated heterocycles. The summed E-state index contributed by atoms with van der Waals surface area (Å²) in [6.45, 7) is 14.3. The van der Waals surface area contributed by atoms with Gasteiger partial charge in [-0.15, -0.1) is 0 Å². The molecule has 1 fully saturated rings. The minimum absolute atomic E-state index is 0.716. The van der Waals surface area contributed by atoms with E-state index in [0.29, 0.717) is 6.04 Å². The van der Waals surface area contributed by atoms with E-state index in [4.69, 9.17) is 0 Å². The summed E-state index contributed by atoms with van der Waals surface area (Å²) in [6, 6.07) is 1.53. The molecule has 1 rings (SSSR count). The third kappa shape index (κ3) is 3.76. The van der Waals surface area contributed by atoms with Gasteiger partial charge in [0.25, 0.3) is 0 Å². The maximum absolute atomic E-state index is 2.70. The minimum Gasteiger partial charge on any atom is -0.298 e. The second-order valence-corrected chi connectivity index (χ2v) is 5.07. The van der Waals surface area contributed by atoms with Gasteiger partial charge in [-0.1, -0.05) is 20.3 Å². The zero-order valence-corrected chi connectivity index (χ0v) is 11.0. The number of nitrogens with zero attached hydrogens (tertiary/aromatic N) is 2. The van der Waals surface area contributed by atoms with E-state index in [2.05, 4.69) is 37.5 Å². The number of piperazine rings is 1. The Labute approximate surface area is 95.6 Å². The summed E-state index contributed by atoms with van der Waals surface area (Å²) in [7, 11) is 0. The smallest absolute Gasteiger partial charge is 0.0223 e. The molecular formula is C13H28N2. The molecular weight excluding hydrogens is 184 g/mol. The van der Waals surface area contributed by atoms with Crippen molar-refractivity contribution in [3.63, 3.8) is 0 Å². The molecule has 0 bridgehead atoms. The SMILES string of the molecule is CCCC1CN(C(C)C)CCN1CCC. The van der Waals surface area contributed by atoms with Gasteiger partial charge >= 0.3 is 0 Å². The first kappa shape index (κ1) is 13.0. The fourth-order valence-electron chi connectivity index (χ4n) is 2.57. The molecule has 0 radical (unpaired) electrons. The summed E-state index contributed by atoms with van der Waals surface area (Å²) in [5, 5.41) is 0. The van der Waals surface area contributed by atoms with Crippen molar-refractivity contribution in [3.05, 3.63) is 0 Å². The van der Waals surface area contributed by atoms with Crippen molar-refractivity contribution in [3.8, 4) is 0 Å². The van der Waals surface area contributed by atoms with E-state index in [9.17, 15) is 0 Å². The Bertz CT molecular complexity index is 168. The van der Waals surface area contributed by atoms with Gasteiger partial charge in [-0.25, -0.2) is 0 Å². The molecule has 0 amide bonds. The molecule has 0 aromatic rings. The molecule has 15 heavy (non-hydrogen) atoms. The first-order chi connectivity index (χ1) is 7.19. The highest BCUT2D eigenvalue weighted by Crippen LogP contribution is 2.16. The van der Waals surface area contributed by atoms with E-state index in [-0.39, 0.29) is 0 Å². The van der Waals surface area contributed by atoms with E-state index < -0.39 is 0 Å². The molecule has 0 aromatic heterocycles. The molecule has 1 heterocycles. The van der Waals surface area contributed by atoms with E-state index in [1.807, 2.05) is 0 Å². The molecule has 0 spiro atoms. The normalized spacial score (nSPS) is 25.0. The maximum Gasteiger partial charge on any atom is 0.0223 e. The first-order valence-corrected chi connectivity index (χ1v) is 6.67. The summed E-state index contributed by atoms with van der Waals surface area (Å²) in [6.07, 6.45) is 3.97. The molecule has 0 N–H and O–H groups in total. The topological polar surface area (TPSA) is 6.48 Å². The van der Waals surface area contributed by atoms with Crippen molar-refractivity contribution in [2.75, 3.05) is 26.2 Å². The molecule has 2 nitrogen and oxygen atoms in total. The van der Waals surface area contributed by atoms with Crippen molar-refractivity contribution < 1.29 is 0 Å². The number of rotatable bonds is 5. The van der Waals surface area contributed by atoms with Gasteiger partial charge in [0.2, 0.25) is 0 Å². The van der Waals surface area contributed by atoms with Crippen LogP contribution in [0.25, 0.3) is 0 Å². The Morgan fingerprint density at radius 2 is 1.87 bits per heavy atom. The van der Waals surface area contributed by atoms with Crippen LogP contribution in [0.4, 0.5) is 0 Å². The van der Waals surface area contributed by atoms with Crippen molar-refractivity contribution in [1.82, 2.24) is 9.80 Å². The molecule has 1 aliphatic heterocycles. The van der Waals surface area contributed by atoms with Crippen LogP contribution in [-0.4, -0.2) is 48.1 Å². The lowest BCUT2D eigenvalue weighted by atomic mass is 10.1. The van der Waals surface area contributed by atoms with Crippen LogP contribution in [0.1, 0.15) is 47.0 Å².